The molecule has 0 radical (unpaired) electrons. The van der Waals surface area contributed by atoms with Gasteiger partial charge in [0.15, 0.2) is 11.5 Å². The van der Waals surface area contributed by atoms with Crippen LogP contribution in [0.4, 0.5) is 0 Å². The summed E-state index contributed by atoms with van der Waals surface area (Å²) < 4.78 is 5.38. The lowest BCUT2D eigenvalue weighted by molar-refractivity contribution is 0.251. The number of rotatable bonds is 9. The van der Waals surface area contributed by atoms with Gasteiger partial charge < -0.3 is 20.1 Å². The monoisotopic (exact) mass is 280 g/mol. The van der Waals surface area contributed by atoms with Crippen LogP contribution in [-0.4, -0.2) is 42.8 Å². The van der Waals surface area contributed by atoms with Crippen molar-refractivity contribution in [2.75, 3.05) is 26.7 Å². The van der Waals surface area contributed by atoms with Crippen molar-refractivity contribution in [2.24, 2.45) is 0 Å². The fraction of sp³-hybridized carbons (Fsp3) is 0.625. The van der Waals surface area contributed by atoms with Crippen molar-refractivity contribution in [1.82, 2.24) is 10.2 Å². The highest BCUT2D eigenvalue weighted by Gasteiger charge is 2.06. The zero-order valence-corrected chi connectivity index (χ0v) is 13.1. The molecule has 0 heterocycles. The second kappa shape index (κ2) is 8.82. The van der Waals surface area contributed by atoms with E-state index in [1.807, 2.05) is 19.1 Å². The fourth-order valence-electron chi connectivity index (χ4n) is 1.96. The summed E-state index contributed by atoms with van der Waals surface area (Å²) >= 11 is 0. The summed E-state index contributed by atoms with van der Waals surface area (Å²) in [5.74, 6) is 0.760. The first-order chi connectivity index (χ1) is 9.58. The minimum atomic E-state index is 0.201. The maximum absolute atomic E-state index is 9.65. The van der Waals surface area contributed by atoms with Crippen LogP contribution in [0.15, 0.2) is 18.2 Å². The normalized spacial score (nSPS) is 12.7. The molecule has 2 N–H and O–H groups in total. The van der Waals surface area contributed by atoms with E-state index < -0.39 is 0 Å². The predicted molar refractivity (Wildman–Crippen MR) is 83.4 cm³/mol. The van der Waals surface area contributed by atoms with Crippen molar-refractivity contribution in [3.05, 3.63) is 23.8 Å². The zero-order chi connectivity index (χ0) is 15.0. The van der Waals surface area contributed by atoms with Gasteiger partial charge in [0.1, 0.15) is 0 Å². The Bertz CT molecular complexity index is 396. The van der Waals surface area contributed by atoms with Gasteiger partial charge in [-0.3, -0.25) is 0 Å². The van der Waals surface area contributed by atoms with Gasteiger partial charge in [-0.1, -0.05) is 13.0 Å². The van der Waals surface area contributed by atoms with Gasteiger partial charge in [0.25, 0.3) is 0 Å². The molecule has 1 unspecified atom stereocenters. The average molecular weight is 280 g/mol. The van der Waals surface area contributed by atoms with Crippen LogP contribution >= 0.6 is 0 Å². The van der Waals surface area contributed by atoms with E-state index >= 15 is 0 Å². The lowest BCUT2D eigenvalue weighted by Gasteiger charge is -2.23. The molecule has 20 heavy (non-hydrogen) atoms. The lowest BCUT2D eigenvalue weighted by Crippen LogP contribution is -2.34. The van der Waals surface area contributed by atoms with Gasteiger partial charge >= 0.3 is 0 Å². The molecular formula is C16H28N2O2. The second-order valence-corrected chi connectivity index (χ2v) is 5.15. The maximum Gasteiger partial charge on any atom is 0.161 e. The molecule has 4 nitrogen and oxygen atoms in total. The summed E-state index contributed by atoms with van der Waals surface area (Å²) in [6, 6.07) is 6.12. The summed E-state index contributed by atoms with van der Waals surface area (Å²) in [6.07, 6.45) is 1.17. The molecule has 0 saturated heterocycles. The molecule has 0 aliphatic heterocycles. The van der Waals surface area contributed by atoms with Gasteiger partial charge in [-0.15, -0.1) is 0 Å². The number of nitrogens with zero attached hydrogens (tertiary/aromatic N) is 1. The van der Waals surface area contributed by atoms with Gasteiger partial charge in [0.2, 0.25) is 0 Å². The van der Waals surface area contributed by atoms with E-state index in [0.29, 0.717) is 18.4 Å². The van der Waals surface area contributed by atoms with E-state index in [1.165, 1.54) is 6.42 Å². The van der Waals surface area contributed by atoms with Crippen molar-refractivity contribution in [3.8, 4) is 11.5 Å². The Morgan fingerprint density at radius 1 is 1.35 bits per heavy atom. The molecule has 0 saturated carbocycles. The number of aromatic hydroxyl groups is 1. The highest BCUT2D eigenvalue weighted by atomic mass is 16.5. The molecule has 0 aliphatic rings. The molecule has 0 bridgehead atoms. The summed E-state index contributed by atoms with van der Waals surface area (Å²) in [4.78, 5) is 2.36. The predicted octanol–water partition coefficient (Wildman–Crippen LogP) is 2.61. The second-order valence-electron chi connectivity index (χ2n) is 5.15. The van der Waals surface area contributed by atoms with E-state index in [-0.39, 0.29) is 5.75 Å². The first kappa shape index (κ1) is 16.8. The maximum atomic E-state index is 9.65. The van der Waals surface area contributed by atoms with Crippen LogP contribution in [0.5, 0.6) is 11.5 Å². The minimum Gasteiger partial charge on any atom is -0.504 e. The Hall–Kier alpha value is -1.26. The fourth-order valence-corrected chi connectivity index (χ4v) is 1.96. The molecule has 114 valence electrons. The molecule has 0 aliphatic carbocycles. The van der Waals surface area contributed by atoms with Gasteiger partial charge in [-0.2, -0.15) is 0 Å². The Kier molecular flexibility index (Phi) is 7.41. The summed E-state index contributed by atoms with van der Waals surface area (Å²) in [6.45, 7) is 9.69. The third-order valence-corrected chi connectivity index (χ3v) is 3.64. The smallest absolute Gasteiger partial charge is 0.161 e. The lowest BCUT2D eigenvalue weighted by atomic mass is 10.2. The molecular weight excluding hydrogens is 252 g/mol. The third kappa shape index (κ3) is 5.39. The van der Waals surface area contributed by atoms with Gasteiger partial charge in [0.05, 0.1) is 6.61 Å². The van der Waals surface area contributed by atoms with Crippen molar-refractivity contribution in [3.63, 3.8) is 0 Å². The molecule has 1 aromatic carbocycles. The SMILES string of the molecule is CCOc1cc(CNCCN(C)C(C)CC)ccc1O. The van der Waals surface area contributed by atoms with Crippen molar-refractivity contribution >= 4 is 0 Å². The number of benzene rings is 1. The number of ether oxygens (including phenoxy) is 1. The molecule has 0 spiro atoms. The van der Waals surface area contributed by atoms with Crippen LogP contribution in [0.1, 0.15) is 32.8 Å². The molecule has 4 heteroatoms. The molecule has 0 aromatic heterocycles. The average Bonchev–Trinajstić information content (AvgIpc) is 2.45. The summed E-state index contributed by atoms with van der Waals surface area (Å²) in [7, 11) is 2.16. The molecule has 0 amide bonds. The number of hydrogen-bond acceptors (Lipinski definition) is 4. The van der Waals surface area contributed by atoms with Crippen LogP contribution in [0, 0.1) is 0 Å². The first-order valence-corrected chi connectivity index (χ1v) is 7.44. The Morgan fingerprint density at radius 3 is 2.75 bits per heavy atom. The van der Waals surface area contributed by atoms with Gasteiger partial charge in [-0.25, -0.2) is 0 Å². The van der Waals surface area contributed by atoms with Crippen LogP contribution in [0.2, 0.25) is 0 Å². The largest absolute Gasteiger partial charge is 0.504 e. The zero-order valence-electron chi connectivity index (χ0n) is 13.1. The number of phenols is 1. The Balaban J connectivity index is 2.37. The number of hydrogen-bond donors (Lipinski definition) is 2. The summed E-state index contributed by atoms with van der Waals surface area (Å²) in [5.41, 5.74) is 1.12. The molecule has 1 aromatic rings. The van der Waals surface area contributed by atoms with E-state index in [9.17, 15) is 5.11 Å². The standard InChI is InChI=1S/C16H28N2O2/c1-5-13(3)18(4)10-9-17-12-14-7-8-15(19)16(11-14)20-6-2/h7-8,11,13,17,19H,5-6,9-10,12H2,1-4H3. The topological polar surface area (TPSA) is 44.7 Å². The van der Waals surface area contributed by atoms with Crippen LogP contribution in [0.3, 0.4) is 0 Å². The van der Waals surface area contributed by atoms with E-state index in [0.717, 1.165) is 25.2 Å². The first-order valence-electron chi connectivity index (χ1n) is 7.44. The highest BCUT2D eigenvalue weighted by molar-refractivity contribution is 5.41. The van der Waals surface area contributed by atoms with Crippen LogP contribution in [0.25, 0.3) is 0 Å². The van der Waals surface area contributed by atoms with Crippen molar-refractivity contribution < 1.29 is 9.84 Å². The molecule has 0 fully saturated rings. The van der Waals surface area contributed by atoms with Gasteiger partial charge in [-0.05, 0) is 45.0 Å². The summed E-state index contributed by atoms with van der Waals surface area (Å²) in [5, 5.41) is 13.1. The third-order valence-electron chi connectivity index (χ3n) is 3.64. The minimum absolute atomic E-state index is 0.201. The Labute approximate surface area is 122 Å². The van der Waals surface area contributed by atoms with Crippen molar-refractivity contribution in [1.29, 1.82) is 0 Å². The van der Waals surface area contributed by atoms with Crippen LogP contribution in [-0.2, 0) is 6.54 Å². The number of phenolic OH excluding ortho intramolecular Hbond substituents is 1. The van der Waals surface area contributed by atoms with Crippen LogP contribution < -0.4 is 10.1 Å². The number of likely N-dealkylation sites (N-methyl/N-ethyl adjacent to an activating group) is 1. The Morgan fingerprint density at radius 2 is 2.10 bits per heavy atom. The quantitative estimate of drug-likeness (QED) is 0.683. The van der Waals surface area contributed by atoms with Crippen molar-refractivity contribution in [2.45, 2.75) is 39.8 Å². The van der Waals surface area contributed by atoms with E-state index in [2.05, 4.69) is 31.1 Å². The molecule has 1 rings (SSSR count). The highest BCUT2D eigenvalue weighted by Crippen LogP contribution is 2.26. The van der Waals surface area contributed by atoms with E-state index in [4.69, 9.17) is 4.74 Å². The van der Waals surface area contributed by atoms with Gasteiger partial charge in [0, 0.05) is 25.7 Å². The van der Waals surface area contributed by atoms with E-state index in [1.54, 1.807) is 6.07 Å². The number of nitrogens with one attached hydrogen (secondary N) is 1. The molecule has 1 atom stereocenters.